The Labute approximate surface area is 140 Å². The van der Waals surface area contributed by atoms with E-state index in [1.807, 2.05) is 60.4 Å². The van der Waals surface area contributed by atoms with Crippen LogP contribution in [0.3, 0.4) is 0 Å². The number of amides is 1. The zero-order chi connectivity index (χ0) is 16.5. The molecule has 1 aliphatic heterocycles. The van der Waals surface area contributed by atoms with Gasteiger partial charge in [-0.15, -0.1) is 0 Å². The van der Waals surface area contributed by atoms with Crippen molar-refractivity contribution in [1.29, 1.82) is 0 Å². The van der Waals surface area contributed by atoms with E-state index < -0.39 is 0 Å². The normalized spacial score (nSPS) is 17.6. The Hall–Kier alpha value is -2.82. The Kier molecular flexibility index (Phi) is 3.69. The molecule has 0 spiro atoms. The van der Waals surface area contributed by atoms with Gasteiger partial charge in [-0.2, -0.15) is 0 Å². The SMILES string of the molecule is CCOc1ccc(N2CC(c3nc4ccccc4[nH]3)CC2=O)cc1. The zero-order valence-corrected chi connectivity index (χ0v) is 13.5. The zero-order valence-electron chi connectivity index (χ0n) is 13.5. The highest BCUT2D eigenvalue weighted by Gasteiger charge is 2.33. The van der Waals surface area contributed by atoms with E-state index in [0.29, 0.717) is 19.6 Å². The number of rotatable bonds is 4. The Balaban J connectivity index is 1.56. The number of carbonyl (C=O) groups is 1. The van der Waals surface area contributed by atoms with E-state index in [9.17, 15) is 4.79 Å². The van der Waals surface area contributed by atoms with Gasteiger partial charge < -0.3 is 14.6 Å². The average molecular weight is 321 g/mol. The van der Waals surface area contributed by atoms with Crippen molar-refractivity contribution in [2.24, 2.45) is 0 Å². The molecule has 24 heavy (non-hydrogen) atoms. The van der Waals surface area contributed by atoms with Gasteiger partial charge in [0.15, 0.2) is 0 Å². The predicted octanol–water partition coefficient (Wildman–Crippen LogP) is 3.48. The number of fused-ring (bicyclic) bond motifs is 1. The molecular weight excluding hydrogens is 302 g/mol. The smallest absolute Gasteiger partial charge is 0.227 e. The number of carbonyl (C=O) groups excluding carboxylic acids is 1. The summed E-state index contributed by atoms with van der Waals surface area (Å²) in [6.07, 6.45) is 0.479. The van der Waals surface area contributed by atoms with Gasteiger partial charge in [0.25, 0.3) is 0 Å². The summed E-state index contributed by atoms with van der Waals surface area (Å²) < 4.78 is 5.46. The lowest BCUT2D eigenvalue weighted by atomic mass is 10.1. The van der Waals surface area contributed by atoms with E-state index in [-0.39, 0.29) is 11.8 Å². The van der Waals surface area contributed by atoms with Crippen molar-refractivity contribution in [3.05, 3.63) is 54.4 Å². The summed E-state index contributed by atoms with van der Waals surface area (Å²) in [6.45, 7) is 3.23. The average Bonchev–Trinajstić information content (AvgIpc) is 3.19. The van der Waals surface area contributed by atoms with Gasteiger partial charge in [-0.1, -0.05) is 12.1 Å². The number of H-pyrrole nitrogens is 1. The van der Waals surface area contributed by atoms with Crippen LogP contribution < -0.4 is 9.64 Å². The Morgan fingerprint density at radius 2 is 2.00 bits per heavy atom. The minimum atomic E-state index is 0.0940. The van der Waals surface area contributed by atoms with Gasteiger partial charge in [-0.25, -0.2) is 4.98 Å². The summed E-state index contributed by atoms with van der Waals surface area (Å²) in [4.78, 5) is 22.3. The highest BCUT2D eigenvalue weighted by Crippen LogP contribution is 2.32. The van der Waals surface area contributed by atoms with Gasteiger partial charge in [0.1, 0.15) is 11.6 Å². The van der Waals surface area contributed by atoms with Crippen molar-refractivity contribution in [1.82, 2.24) is 9.97 Å². The van der Waals surface area contributed by atoms with Crippen LogP contribution in [0.2, 0.25) is 0 Å². The molecule has 5 heteroatoms. The van der Waals surface area contributed by atoms with Crippen LogP contribution in [-0.4, -0.2) is 29.0 Å². The molecule has 3 aromatic rings. The van der Waals surface area contributed by atoms with E-state index in [1.165, 1.54) is 0 Å². The summed E-state index contributed by atoms with van der Waals surface area (Å²) in [5.74, 6) is 1.93. The number of ether oxygens (including phenoxy) is 1. The summed E-state index contributed by atoms with van der Waals surface area (Å²) in [5.41, 5.74) is 2.86. The first-order valence-corrected chi connectivity index (χ1v) is 8.22. The fraction of sp³-hybridized carbons (Fsp3) is 0.263. The van der Waals surface area contributed by atoms with Crippen LogP contribution in [0.25, 0.3) is 11.0 Å². The predicted molar refractivity (Wildman–Crippen MR) is 93.4 cm³/mol. The second kappa shape index (κ2) is 6.00. The van der Waals surface area contributed by atoms with E-state index in [2.05, 4.69) is 9.97 Å². The van der Waals surface area contributed by atoms with E-state index in [4.69, 9.17) is 4.74 Å². The topological polar surface area (TPSA) is 58.2 Å². The van der Waals surface area contributed by atoms with Crippen LogP contribution in [0.1, 0.15) is 25.1 Å². The molecule has 1 aliphatic rings. The molecule has 1 atom stereocenters. The molecule has 0 bridgehead atoms. The Morgan fingerprint density at radius 1 is 1.21 bits per heavy atom. The van der Waals surface area contributed by atoms with Gasteiger partial charge in [0.05, 0.1) is 17.6 Å². The van der Waals surface area contributed by atoms with Gasteiger partial charge in [-0.3, -0.25) is 4.79 Å². The molecule has 2 heterocycles. The van der Waals surface area contributed by atoms with Crippen LogP contribution in [-0.2, 0) is 4.79 Å². The molecule has 1 aromatic heterocycles. The molecule has 0 radical (unpaired) electrons. The lowest BCUT2D eigenvalue weighted by molar-refractivity contribution is -0.117. The molecule has 5 nitrogen and oxygen atoms in total. The minimum absolute atomic E-state index is 0.0940. The van der Waals surface area contributed by atoms with Crippen molar-refractivity contribution >= 4 is 22.6 Å². The molecule has 1 amide bonds. The number of para-hydroxylation sites is 2. The quantitative estimate of drug-likeness (QED) is 0.800. The monoisotopic (exact) mass is 321 g/mol. The van der Waals surface area contributed by atoms with Gasteiger partial charge in [-0.05, 0) is 43.3 Å². The summed E-state index contributed by atoms with van der Waals surface area (Å²) in [6, 6.07) is 15.6. The third-order valence-electron chi connectivity index (χ3n) is 4.38. The molecular formula is C19H19N3O2. The molecule has 1 saturated heterocycles. The highest BCUT2D eigenvalue weighted by molar-refractivity contribution is 5.96. The van der Waals surface area contributed by atoms with Gasteiger partial charge >= 0.3 is 0 Å². The maximum Gasteiger partial charge on any atom is 0.227 e. The van der Waals surface area contributed by atoms with Crippen molar-refractivity contribution in [3.63, 3.8) is 0 Å². The van der Waals surface area contributed by atoms with Crippen molar-refractivity contribution in [3.8, 4) is 5.75 Å². The van der Waals surface area contributed by atoms with Crippen molar-refractivity contribution in [2.45, 2.75) is 19.3 Å². The van der Waals surface area contributed by atoms with Crippen LogP contribution in [0.15, 0.2) is 48.5 Å². The summed E-state index contributed by atoms with van der Waals surface area (Å²) >= 11 is 0. The number of nitrogens with one attached hydrogen (secondary N) is 1. The Bertz CT molecular complexity index is 837. The van der Waals surface area contributed by atoms with Crippen LogP contribution in [0.5, 0.6) is 5.75 Å². The van der Waals surface area contributed by atoms with E-state index in [0.717, 1.165) is 28.3 Å². The molecule has 1 fully saturated rings. The number of hydrogen-bond acceptors (Lipinski definition) is 3. The van der Waals surface area contributed by atoms with E-state index >= 15 is 0 Å². The van der Waals surface area contributed by atoms with Crippen LogP contribution >= 0.6 is 0 Å². The first kappa shape index (κ1) is 14.8. The third-order valence-corrected chi connectivity index (χ3v) is 4.38. The first-order valence-electron chi connectivity index (χ1n) is 8.22. The maximum absolute atomic E-state index is 12.4. The fourth-order valence-electron chi connectivity index (χ4n) is 3.20. The number of hydrogen-bond donors (Lipinski definition) is 1. The number of nitrogens with zero attached hydrogens (tertiary/aromatic N) is 2. The van der Waals surface area contributed by atoms with Gasteiger partial charge in [0, 0.05) is 24.6 Å². The molecule has 4 rings (SSSR count). The maximum atomic E-state index is 12.4. The standard InChI is InChI=1S/C19H19N3O2/c1-2-24-15-9-7-14(8-10-15)22-12-13(11-18(22)23)19-20-16-5-3-4-6-17(16)21-19/h3-10,13H,2,11-12H2,1H3,(H,20,21). The molecule has 0 aliphatic carbocycles. The second-order valence-corrected chi connectivity index (χ2v) is 5.97. The number of imidazole rings is 1. The third kappa shape index (κ3) is 2.62. The van der Waals surface area contributed by atoms with Gasteiger partial charge in [0.2, 0.25) is 5.91 Å². The molecule has 0 saturated carbocycles. The summed E-state index contributed by atoms with van der Waals surface area (Å²) in [5, 5.41) is 0. The first-order chi connectivity index (χ1) is 11.7. The number of aromatic amines is 1. The molecule has 1 unspecified atom stereocenters. The minimum Gasteiger partial charge on any atom is -0.494 e. The molecule has 1 N–H and O–H groups in total. The lowest BCUT2D eigenvalue weighted by Gasteiger charge is -2.16. The van der Waals surface area contributed by atoms with Crippen molar-refractivity contribution in [2.75, 3.05) is 18.1 Å². The Morgan fingerprint density at radius 3 is 2.75 bits per heavy atom. The number of benzene rings is 2. The summed E-state index contributed by atoms with van der Waals surface area (Å²) in [7, 11) is 0. The highest BCUT2D eigenvalue weighted by atomic mass is 16.5. The van der Waals surface area contributed by atoms with E-state index in [1.54, 1.807) is 0 Å². The largest absolute Gasteiger partial charge is 0.494 e. The lowest BCUT2D eigenvalue weighted by Crippen LogP contribution is -2.24. The molecule has 122 valence electrons. The number of aromatic nitrogens is 2. The fourth-order valence-corrected chi connectivity index (χ4v) is 3.20. The second-order valence-electron chi connectivity index (χ2n) is 5.97. The van der Waals surface area contributed by atoms with Crippen LogP contribution in [0, 0.1) is 0 Å². The number of anilines is 1. The van der Waals surface area contributed by atoms with Crippen molar-refractivity contribution < 1.29 is 9.53 Å². The molecule has 2 aromatic carbocycles. The van der Waals surface area contributed by atoms with Crippen LogP contribution in [0.4, 0.5) is 5.69 Å².